The van der Waals surface area contributed by atoms with Gasteiger partial charge >= 0.3 is 0 Å². The van der Waals surface area contributed by atoms with E-state index in [1.165, 1.54) is 0 Å². The number of aliphatic hydroxyl groups excluding tert-OH is 1. The average molecular weight is 298 g/mol. The number of aromatic nitrogens is 5. The first-order chi connectivity index (χ1) is 10.7. The Morgan fingerprint density at radius 2 is 2.14 bits per heavy atom. The molecule has 0 spiro atoms. The van der Waals surface area contributed by atoms with Crippen LogP contribution in [0.15, 0.2) is 30.5 Å². The van der Waals surface area contributed by atoms with Crippen molar-refractivity contribution in [1.29, 1.82) is 0 Å². The van der Waals surface area contributed by atoms with Crippen LogP contribution in [0.3, 0.4) is 0 Å². The van der Waals surface area contributed by atoms with Gasteiger partial charge in [0.15, 0.2) is 5.65 Å². The summed E-state index contributed by atoms with van der Waals surface area (Å²) in [4.78, 5) is 2.21. The molecule has 0 bridgehead atoms. The summed E-state index contributed by atoms with van der Waals surface area (Å²) >= 11 is 0. The number of rotatable bonds is 2. The minimum absolute atomic E-state index is 0.540. The predicted octanol–water partition coefficient (Wildman–Crippen LogP) is 1.39. The van der Waals surface area contributed by atoms with E-state index in [4.69, 9.17) is 0 Å². The Bertz CT molecular complexity index is 805. The van der Waals surface area contributed by atoms with Crippen LogP contribution in [0.1, 0.15) is 30.8 Å². The van der Waals surface area contributed by atoms with Crippen LogP contribution in [0.5, 0.6) is 0 Å². The third-order valence-electron chi connectivity index (χ3n) is 4.04. The van der Waals surface area contributed by atoms with Crippen molar-refractivity contribution in [3.63, 3.8) is 0 Å². The van der Waals surface area contributed by atoms with E-state index in [2.05, 4.69) is 20.2 Å². The molecule has 0 aliphatic carbocycles. The number of anilines is 1. The molecule has 0 amide bonds. The van der Waals surface area contributed by atoms with Gasteiger partial charge in [-0.2, -0.15) is 5.10 Å². The molecule has 1 aliphatic heterocycles. The van der Waals surface area contributed by atoms with Crippen molar-refractivity contribution >= 4 is 11.6 Å². The second kappa shape index (κ2) is 5.10. The number of nitrogens with zero attached hydrogens (tertiary/aromatic N) is 6. The van der Waals surface area contributed by atoms with Crippen molar-refractivity contribution in [2.45, 2.75) is 32.5 Å². The third-order valence-corrected chi connectivity index (χ3v) is 4.04. The maximum Gasteiger partial charge on any atom is 0.232 e. The van der Waals surface area contributed by atoms with Gasteiger partial charge in [0.25, 0.3) is 0 Å². The second-order valence-corrected chi connectivity index (χ2v) is 5.66. The van der Waals surface area contributed by atoms with E-state index in [1.54, 1.807) is 6.92 Å². The minimum Gasteiger partial charge on any atom is -0.387 e. The summed E-state index contributed by atoms with van der Waals surface area (Å²) in [6.45, 7) is 4.22. The van der Waals surface area contributed by atoms with Gasteiger partial charge in [0.05, 0.1) is 24.0 Å². The largest absolute Gasteiger partial charge is 0.387 e. The Balaban J connectivity index is 1.71. The van der Waals surface area contributed by atoms with Crippen LogP contribution in [-0.4, -0.2) is 36.0 Å². The maximum absolute atomic E-state index is 9.72. The van der Waals surface area contributed by atoms with E-state index in [-0.39, 0.29) is 0 Å². The fraction of sp³-hybridized carbons (Fsp3) is 0.400. The Morgan fingerprint density at radius 3 is 3.00 bits per heavy atom. The lowest BCUT2D eigenvalue weighted by atomic mass is 10.2. The van der Waals surface area contributed by atoms with E-state index in [1.807, 2.05) is 39.5 Å². The zero-order chi connectivity index (χ0) is 15.1. The molecule has 0 radical (unpaired) electrons. The van der Waals surface area contributed by atoms with Crippen LogP contribution in [0.2, 0.25) is 0 Å². The zero-order valence-electron chi connectivity index (χ0n) is 12.4. The smallest absolute Gasteiger partial charge is 0.232 e. The van der Waals surface area contributed by atoms with Gasteiger partial charge in [0.2, 0.25) is 5.95 Å². The van der Waals surface area contributed by atoms with Crippen LogP contribution < -0.4 is 4.90 Å². The normalized spacial score (nSPS) is 16.5. The molecule has 3 aromatic rings. The first-order valence-electron chi connectivity index (χ1n) is 7.52. The summed E-state index contributed by atoms with van der Waals surface area (Å²) in [5, 5.41) is 22.8. The van der Waals surface area contributed by atoms with E-state index in [9.17, 15) is 5.11 Å². The fourth-order valence-electron chi connectivity index (χ4n) is 2.90. The van der Waals surface area contributed by atoms with Gasteiger partial charge in [-0.15, -0.1) is 10.2 Å². The topological polar surface area (TPSA) is 71.5 Å². The number of aryl methyl sites for hydroxylation is 1. The molecule has 0 saturated heterocycles. The van der Waals surface area contributed by atoms with Crippen molar-refractivity contribution in [3.8, 4) is 0 Å². The van der Waals surface area contributed by atoms with Crippen LogP contribution in [0.25, 0.3) is 5.65 Å². The highest BCUT2D eigenvalue weighted by Gasteiger charge is 2.21. The lowest BCUT2D eigenvalue weighted by molar-refractivity contribution is 0.193. The van der Waals surface area contributed by atoms with Crippen LogP contribution in [0, 0.1) is 0 Å². The molecular formula is C15H18N6O. The maximum atomic E-state index is 9.72. The van der Waals surface area contributed by atoms with E-state index in [0.717, 1.165) is 49.0 Å². The van der Waals surface area contributed by atoms with Crippen LogP contribution >= 0.6 is 0 Å². The molecule has 0 saturated carbocycles. The minimum atomic E-state index is -0.540. The fourth-order valence-corrected chi connectivity index (χ4v) is 2.90. The number of aliphatic hydroxyl groups is 1. The lowest BCUT2D eigenvalue weighted by Crippen LogP contribution is -2.24. The summed E-state index contributed by atoms with van der Waals surface area (Å²) in [5.41, 5.74) is 2.67. The van der Waals surface area contributed by atoms with Crippen molar-refractivity contribution in [3.05, 3.63) is 41.9 Å². The molecule has 0 fully saturated rings. The first kappa shape index (κ1) is 13.3. The molecule has 1 N–H and O–H groups in total. The molecule has 7 nitrogen and oxygen atoms in total. The predicted molar refractivity (Wildman–Crippen MR) is 81.5 cm³/mol. The highest BCUT2D eigenvalue weighted by Crippen LogP contribution is 2.22. The van der Waals surface area contributed by atoms with Crippen LogP contribution in [0.4, 0.5) is 5.95 Å². The molecular weight excluding hydrogens is 280 g/mol. The second-order valence-electron chi connectivity index (χ2n) is 5.66. The van der Waals surface area contributed by atoms with Crippen molar-refractivity contribution in [2.75, 3.05) is 11.4 Å². The lowest BCUT2D eigenvalue weighted by Gasteiger charge is -2.19. The third kappa shape index (κ3) is 2.14. The highest BCUT2D eigenvalue weighted by molar-refractivity contribution is 5.46. The number of pyridine rings is 1. The summed E-state index contributed by atoms with van der Waals surface area (Å²) in [5.74, 6) is 0.851. The Labute approximate surface area is 127 Å². The summed E-state index contributed by atoms with van der Waals surface area (Å²) in [6.07, 6.45) is 2.42. The molecule has 114 valence electrons. The molecule has 1 atom stereocenters. The van der Waals surface area contributed by atoms with E-state index >= 15 is 0 Å². The van der Waals surface area contributed by atoms with Gasteiger partial charge in [0, 0.05) is 19.3 Å². The molecule has 0 unspecified atom stereocenters. The standard InChI is InChI=1S/C15H18N6O/c1-11(22)13-9-12-10-19(6-4-8-21(12)18-13)15-17-16-14-5-2-3-7-20(14)15/h2-3,5,7,9,11,22H,4,6,8,10H2,1H3/t11-/m0/s1. The molecule has 4 rings (SSSR count). The number of hydrogen-bond donors (Lipinski definition) is 1. The molecule has 3 aromatic heterocycles. The van der Waals surface area contributed by atoms with Crippen molar-refractivity contribution < 1.29 is 5.11 Å². The highest BCUT2D eigenvalue weighted by atomic mass is 16.3. The molecule has 4 heterocycles. The molecule has 22 heavy (non-hydrogen) atoms. The van der Waals surface area contributed by atoms with Crippen molar-refractivity contribution in [2.24, 2.45) is 0 Å². The molecule has 1 aliphatic rings. The molecule has 0 aromatic carbocycles. The average Bonchev–Trinajstić information content (AvgIpc) is 3.06. The van der Waals surface area contributed by atoms with E-state index in [0.29, 0.717) is 0 Å². The van der Waals surface area contributed by atoms with Gasteiger partial charge in [0.1, 0.15) is 0 Å². The quantitative estimate of drug-likeness (QED) is 0.774. The van der Waals surface area contributed by atoms with Crippen molar-refractivity contribution in [1.82, 2.24) is 24.4 Å². The first-order valence-corrected chi connectivity index (χ1v) is 7.52. The summed E-state index contributed by atoms with van der Waals surface area (Å²) < 4.78 is 3.99. The van der Waals surface area contributed by atoms with Gasteiger partial charge < -0.3 is 10.0 Å². The summed E-state index contributed by atoms with van der Waals surface area (Å²) in [6, 6.07) is 7.87. The SMILES string of the molecule is C[C@H](O)c1cc2n(n1)CCCN(c1nnc3ccccn13)C2. The number of fused-ring (bicyclic) bond motifs is 2. The van der Waals surface area contributed by atoms with Gasteiger partial charge in [-0.1, -0.05) is 6.07 Å². The van der Waals surface area contributed by atoms with Gasteiger partial charge in [-0.3, -0.25) is 9.08 Å². The monoisotopic (exact) mass is 298 g/mol. The Morgan fingerprint density at radius 1 is 1.23 bits per heavy atom. The van der Waals surface area contributed by atoms with E-state index < -0.39 is 6.10 Å². The number of hydrogen-bond acceptors (Lipinski definition) is 5. The van der Waals surface area contributed by atoms with Crippen LogP contribution in [-0.2, 0) is 13.1 Å². The Hall–Kier alpha value is -2.41. The Kier molecular flexibility index (Phi) is 3.07. The zero-order valence-corrected chi connectivity index (χ0v) is 12.4. The summed E-state index contributed by atoms with van der Waals surface area (Å²) in [7, 11) is 0. The van der Waals surface area contributed by atoms with Gasteiger partial charge in [-0.25, -0.2) is 0 Å². The molecule has 7 heteroatoms. The van der Waals surface area contributed by atoms with Gasteiger partial charge in [-0.05, 0) is 31.5 Å².